The molecule has 5 heteroatoms. The maximum absolute atomic E-state index is 11.9. The molecule has 0 aliphatic carbocycles. The van der Waals surface area contributed by atoms with E-state index in [0.717, 1.165) is 25.9 Å². The number of rotatable bonds is 3. The third kappa shape index (κ3) is 2.81. The summed E-state index contributed by atoms with van der Waals surface area (Å²) in [4.78, 5) is 11.9. The third-order valence-corrected chi connectivity index (χ3v) is 3.28. The SMILES string of the molecule is O=C(OCC1CCCCO1)c1ccc2c(c1)OCO2. The van der Waals surface area contributed by atoms with Crippen LogP contribution in [0.2, 0.25) is 0 Å². The van der Waals surface area contributed by atoms with Crippen molar-refractivity contribution >= 4 is 5.97 Å². The van der Waals surface area contributed by atoms with Crippen LogP contribution in [0.15, 0.2) is 18.2 Å². The molecule has 0 bridgehead atoms. The number of ether oxygens (including phenoxy) is 4. The van der Waals surface area contributed by atoms with Gasteiger partial charge < -0.3 is 18.9 Å². The summed E-state index contributed by atoms with van der Waals surface area (Å²) in [5.41, 5.74) is 0.472. The van der Waals surface area contributed by atoms with E-state index in [1.165, 1.54) is 0 Å². The number of carbonyl (C=O) groups excluding carboxylic acids is 1. The first-order valence-electron chi connectivity index (χ1n) is 6.51. The molecule has 0 aromatic heterocycles. The van der Waals surface area contributed by atoms with Gasteiger partial charge in [0.15, 0.2) is 11.5 Å². The van der Waals surface area contributed by atoms with Crippen molar-refractivity contribution in [2.75, 3.05) is 20.0 Å². The van der Waals surface area contributed by atoms with E-state index in [1.807, 2.05) is 0 Å². The minimum absolute atomic E-state index is 0.0340. The lowest BCUT2D eigenvalue weighted by molar-refractivity contribution is -0.0300. The van der Waals surface area contributed by atoms with Crippen LogP contribution in [-0.2, 0) is 9.47 Å². The molecule has 1 unspecified atom stereocenters. The molecule has 0 radical (unpaired) electrons. The zero-order chi connectivity index (χ0) is 13.1. The average molecular weight is 264 g/mol. The van der Waals surface area contributed by atoms with Crippen molar-refractivity contribution in [1.82, 2.24) is 0 Å². The maximum Gasteiger partial charge on any atom is 0.338 e. The molecule has 2 aliphatic heterocycles. The first kappa shape index (κ1) is 12.3. The zero-order valence-corrected chi connectivity index (χ0v) is 10.6. The predicted molar refractivity (Wildman–Crippen MR) is 66.4 cm³/mol. The van der Waals surface area contributed by atoms with Crippen molar-refractivity contribution in [3.05, 3.63) is 23.8 Å². The molecular weight excluding hydrogens is 248 g/mol. The van der Waals surface area contributed by atoms with Crippen LogP contribution < -0.4 is 9.47 Å². The first-order valence-corrected chi connectivity index (χ1v) is 6.51. The monoisotopic (exact) mass is 264 g/mol. The van der Waals surface area contributed by atoms with Gasteiger partial charge in [0.25, 0.3) is 0 Å². The van der Waals surface area contributed by atoms with Gasteiger partial charge >= 0.3 is 5.97 Å². The van der Waals surface area contributed by atoms with Crippen molar-refractivity contribution in [1.29, 1.82) is 0 Å². The number of fused-ring (bicyclic) bond motifs is 1. The first-order chi connectivity index (χ1) is 9.33. The van der Waals surface area contributed by atoms with Crippen molar-refractivity contribution in [3.63, 3.8) is 0 Å². The Morgan fingerprint density at radius 2 is 2.16 bits per heavy atom. The van der Waals surface area contributed by atoms with Gasteiger partial charge in [-0.25, -0.2) is 4.79 Å². The van der Waals surface area contributed by atoms with Crippen molar-refractivity contribution in [3.8, 4) is 11.5 Å². The fourth-order valence-electron chi connectivity index (χ4n) is 2.21. The van der Waals surface area contributed by atoms with Crippen LogP contribution in [0.5, 0.6) is 11.5 Å². The van der Waals surface area contributed by atoms with E-state index in [-0.39, 0.29) is 18.9 Å². The molecule has 2 heterocycles. The number of hydrogen-bond acceptors (Lipinski definition) is 5. The standard InChI is InChI=1S/C14H16O5/c15-14(17-8-11-3-1-2-6-16-11)10-4-5-12-13(7-10)19-9-18-12/h4-5,7,11H,1-3,6,8-9H2. The van der Waals surface area contributed by atoms with Gasteiger partial charge in [0.05, 0.1) is 11.7 Å². The molecule has 2 aliphatic rings. The van der Waals surface area contributed by atoms with Gasteiger partial charge in [-0.15, -0.1) is 0 Å². The topological polar surface area (TPSA) is 54.0 Å². The lowest BCUT2D eigenvalue weighted by Gasteiger charge is -2.22. The maximum atomic E-state index is 11.9. The molecule has 1 saturated heterocycles. The molecule has 1 fully saturated rings. The Morgan fingerprint density at radius 1 is 1.26 bits per heavy atom. The van der Waals surface area contributed by atoms with Crippen LogP contribution in [0, 0.1) is 0 Å². The lowest BCUT2D eigenvalue weighted by Crippen LogP contribution is -2.25. The smallest absolute Gasteiger partial charge is 0.338 e. The van der Waals surface area contributed by atoms with Crippen LogP contribution in [0.3, 0.4) is 0 Å². The summed E-state index contributed by atoms with van der Waals surface area (Å²) < 4.78 is 21.2. The summed E-state index contributed by atoms with van der Waals surface area (Å²) in [5, 5.41) is 0. The number of benzene rings is 1. The third-order valence-electron chi connectivity index (χ3n) is 3.28. The minimum Gasteiger partial charge on any atom is -0.459 e. The Bertz CT molecular complexity index is 465. The molecular formula is C14H16O5. The molecule has 0 spiro atoms. The summed E-state index contributed by atoms with van der Waals surface area (Å²) >= 11 is 0. The van der Waals surface area contributed by atoms with E-state index in [1.54, 1.807) is 18.2 Å². The lowest BCUT2D eigenvalue weighted by atomic mass is 10.1. The van der Waals surface area contributed by atoms with Gasteiger partial charge in [-0.2, -0.15) is 0 Å². The van der Waals surface area contributed by atoms with Crippen LogP contribution in [0.4, 0.5) is 0 Å². The van der Waals surface area contributed by atoms with Crippen molar-refractivity contribution < 1.29 is 23.7 Å². The van der Waals surface area contributed by atoms with Crippen LogP contribution >= 0.6 is 0 Å². The van der Waals surface area contributed by atoms with Gasteiger partial charge in [-0.1, -0.05) is 0 Å². The predicted octanol–water partition coefficient (Wildman–Crippen LogP) is 2.14. The summed E-state index contributed by atoms with van der Waals surface area (Å²) in [6.07, 6.45) is 3.21. The van der Waals surface area contributed by atoms with E-state index in [0.29, 0.717) is 23.7 Å². The highest BCUT2D eigenvalue weighted by Gasteiger charge is 2.19. The van der Waals surface area contributed by atoms with E-state index in [4.69, 9.17) is 18.9 Å². The van der Waals surface area contributed by atoms with Crippen molar-refractivity contribution in [2.45, 2.75) is 25.4 Å². The molecule has 0 N–H and O–H groups in total. The molecule has 1 atom stereocenters. The second-order valence-electron chi connectivity index (χ2n) is 4.66. The summed E-state index contributed by atoms with van der Waals surface area (Å²) in [6, 6.07) is 5.04. The Morgan fingerprint density at radius 3 is 3.00 bits per heavy atom. The fraction of sp³-hybridized carbons (Fsp3) is 0.500. The van der Waals surface area contributed by atoms with E-state index >= 15 is 0 Å². The van der Waals surface area contributed by atoms with Crippen molar-refractivity contribution in [2.24, 2.45) is 0 Å². The molecule has 1 aromatic rings. The second-order valence-corrected chi connectivity index (χ2v) is 4.66. The Labute approximate surface area is 111 Å². The Balaban J connectivity index is 1.57. The van der Waals surface area contributed by atoms with E-state index < -0.39 is 0 Å². The van der Waals surface area contributed by atoms with Crippen LogP contribution in [0.25, 0.3) is 0 Å². The van der Waals surface area contributed by atoms with E-state index in [2.05, 4.69) is 0 Å². The van der Waals surface area contributed by atoms with Gasteiger partial charge in [0.2, 0.25) is 6.79 Å². The van der Waals surface area contributed by atoms with Crippen LogP contribution in [0.1, 0.15) is 29.6 Å². The number of hydrogen-bond donors (Lipinski definition) is 0. The molecule has 1 aromatic carbocycles. The molecule has 0 saturated carbocycles. The highest BCUT2D eigenvalue weighted by atomic mass is 16.7. The van der Waals surface area contributed by atoms with Gasteiger partial charge in [-0.3, -0.25) is 0 Å². The van der Waals surface area contributed by atoms with Gasteiger partial charge in [-0.05, 0) is 37.5 Å². The van der Waals surface area contributed by atoms with Gasteiger partial charge in [0, 0.05) is 6.61 Å². The number of carbonyl (C=O) groups is 1. The van der Waals surface area contributed by atoms with E-state index in [9.17, 15) is 4.79 Å². The number of esters is 1. The largest absolute Gasteiger partial charge is 0.459 e. The molecule has 102 valence electrons. The molecule has 0 amide bonds. The quantitative estimate of drug-likeness (QED) is 0.783. The minimum atomic E-state index is -0.354. The molecule has 5 nitrogen and oxygen atoms in total. The summed E-state index contributed by atoms with van der Waals surface area (Å²) in [7, 11) is 0. The Hall–Kier alpha value is -1.75. The highest BCUT2D eigenvalue weighted by Crippen LogP contribution is 2.32. The summed E-state index contributed by atoms with van der Waals surface area (Å²) in [6.45, 7) is 1.27. The Kier molecular flexibility index (Phi) is 3.55. The normalized spacial score (nSPS) is 21.2. The average Bonchev–Trinajstić information content (AvgIpc) is 2.93. The second kappa shape index (κ2) is 5.48. The fourth-order valence-corrected chi connectivity index (χ4v) is 2.21. The molecule has 19 heavy (non-hydrogen) atoms. The zero-order valence-electron chi connectivity index (χ0n) is 10.6. The van der Waals surface area contributed by atoms with Crippen LogP contribution in [-0.4, -0.2) is 32.1 Å². The molecule has 3 rings (SSSR count). The van der Waals surface area contributed by atoms with Gasteiger partial charge in [0.1, 0.15) is 6.61 Å². The highest BCUT2D eigenvalue weighted by molar-refractivity contribution is 5.90. The summed E-state index contributed by atoms with van der Waals surface area (Å²) in [5.74, 6) is 0.892.